The Labute approximate surface area is 165 Å². The van der Waals surface area contributed by atoms with Gasteiger partial charge in [0.15, 0.2) is 0 Å². The van der Waals surface area contributed by atoms with Crippen molar-refractivity contribution in [1.29, 1.82) is 0 Å². The van der Waals surface area contributed by atoms with Crippen molar-refractivity contribution in [2.24, 2.45) is 17.8 Å². The molecule has 0 nitrogen and oxygen atoms in total. The first-order valence-electron chi connectivity index (χ1n) is 12.4. The molecule has 0 heterocycles. The number of benzene rings is 1. The van der Waals surface area contributed by atoms with Crippen LogP contribution in [0.15, 0.2) is 18.2 Å². The summed E-state index contributed by atoms with van der Waals surface area (Å²) < 4.78 is 0. The zero-order valence-electron chi connectivity index (χ0n) is 17.1. The molecule has 1 aromatic rings. The van der Waals surface area contributed by atoms with Crippen LogP contribution in [-0.4, -0.2) is 0 Å². The SMILES string of the molecule is c1cc(C23CCC(CC2)C3)c(C23CCC(CC2)C3)c(C23CCC(CC2)C3)c1. The summed E-state index contributed by atoms with van der Waals surface area (Å²) in [5.41, 5.74) is 7.52. The highest BCUT2D eigenvalue weighted by Gasteiger charge is 2.55. The van der Waals surface area contributed by atoms with Crippen LogP contribution in [0.4, 0.5) is 0 Å². The Morgan fingerprint density at radius 3 is 1.22 bits per heavy atom. The minimum absolute atomic E-state index is 0.582. The maximum Gasteiger partial charge on any atom is -0.00383 e. The molecular weight excluding hydrogens is 324 g/mol. The third kappa shape index (κ3) is 2.01. The molecule has 6 bridgehead atoms. The van der Waals surface area contributed by atoms with Crippen molar-refractivity contribution in [1.82, 2.24) is 0 Å². The van der Waals surface area contributed by atoms with Crippen molar-refractivity contribution in [3.8, 4) is 0 Å². The molecule has 0 heteroatoms. The van der Waals surface area contributed by atoms with Gasteiger partial charge in [0, 0.05) is 0 Å². The van der Waals surface area contributed by atoms with Crippen LogP contribution in [0.3, 0.4) is 0 Å². The maximum atomic E-state index is 2.64. The van der Waals surface area contributed by atoms with Gasteiger partial charge in [-0.25, -0.2) is 0 Å². The lowest BCUT2D eigenvalue weighted by atomic mass is 9.62. The van der Waals surface area contributed by atoms with Crippen molar-refractivity contribution in [3.63, 3.8) is 0 Å². The van der Waals surface area contributed by atoms with Crippen LogP contribution in [0.2, 0.25) is 0 Å². The predicted octanol–water partition coefficient (Wildman–Crippen LogP) is 7.18. The Morgan fingerprint density at radius 1 is 0.519 bits per heavy atom. The number of hydrogen-bond acceptors (Lipinski definition) is 0. The zero-order valence-corrected chi connectivity index (χ0v) is 17.1. The monoisotopic (exact) mass is 360 g/mol. The second-order valence-corrected chi connectivity index (χ2v) is 12.0. The lowest BCUT2D eigenvalue weighted by Gasteiger charge is -2.42. The Bertz CT molecular complexity index is 713. The molecule has 0 N–H and O–H groups in total. The third-order valence-electron chi connectivity index (χ3n) is 11.0. The second-order valence-electron chi connectivity index (χ2n) is 12.0. The molecule has 0 atom stereocenters. The molecule has 6 fully saturated rings. The van der Waals surface area contributed by atoms with Crippen LogP contribution in [0.1, 0.15) is 113 Å². The Kier molecular flexibility index (Phi) is 3.11. The van der Waals surface area contributed by atoms with E-state index in [1.165, 1.54) is 96.3 Å². The summed E-state index contributed by atoms with van der Waals surface area (Å²) >= 11 is 0. The fourth-order valence-electron chi connectivity index (χ4n) is 9.69. The summed E-state index contributed by atoms with van der Waals surface area (Å²) in [4.78, 5) is 0. The summed E-state index contributed by atoms with van der Waals surface area (Å²) in [5.74, 6) is 3.17. The smallest absolute Gasteiger partial charge is 0.00383 e. The molecule has 0 spiro atoms. The van der Waals surface area contributed by atoms with Crippen molar-refractivity contribution in [2.75, 3.05) is 0 Å². The molecule has 1 aromatic carbocycles. The van der Waals surface area contributed by atoms with Gasteiger partial charge in [0.05, 0.1) is 0 Å². The van der Waals surface area contributed by atoms with Gasteiger partial charge in [-0.15, -0.1) is 0 Å². The van der Waals surface area contributed by atoms with E-state index in [4.69, 9.17) is 0 Å². The van der Waals surface area contributed by atoms with E-state index in [0.717, 1.165) is 17.8 Å². The first-order valence-corrected chi connectivity index (χ1v) is 12.4. The van der Waals surface area contributed by atoms with E-state index in [-0.39, 0.29) is 0 Å². The second kappa shape index (κ2) is 5.22. The molecule has 0 unspecified atom stereocenters. The van der Waals surface area contributed by atoms with Gasteiger partial charge in [-0.1, -0.05) is 18.2 Å². The van der Waals surface area contributed by atoms with Crippen LogP contribution in [0.5, 0.6) is 0 Å². The quantitative estimate of drug-likeness (QED) is 0.535. The predicted molar refractivity (Wildman–Crippen MR) is 111 cm³/mol. The van der Waals surface area contributed by atoms with E-state index >= 15 is 0 Å². The lowest BCUT2D eigenvalue weighted by molar-refractivity contribution is 0.361. The van der Waals surface area contributed by atoms with Gasteiger partial charge >= 0.3 is 0 Å². The van der Waals surface area contributed by atoms with Gasteiger partial charge in [-0.2, -0.15) is 0 Å². The Balaban J connectivity index is 1.46. The highest BCUT2D eigenvalue weighted by molar-refractivity contribution is 5.51. The van der Waals surface area contributed by atoms with Crippen LogP contribution >= 0.6 is 0 Å². The molecule has 7 rings (SSSR count). The van der Waals surface area contributed by atoms with Crippen LogP contribution in [0.25, 0.3) is 0 Å². The van der Waals surface area contributed by atoms with Crippen LogP contribution in [-0.2, 0) is 16.2 Å². The molecule has 0 aliphatic heterocycles. The minimum Gasteiger partial charge on any atom is -0.0617 e. The standard InChI is InChI=1S/C27H36/c1-2-22(25-10-4-19(16-25)5-11-25)24(27-14-8-21(18-27)9-15-27)23(3-1)26-12-6-20(17-26)7-13-26/h1-3,19-21H,4-18H2. The van der Waals surface area contributed by atoms with E-state index in [1.54, 1.807) is 0 Å². The van der Waals surface area contributed by atoms with E-state index in [2.05, 4.69) is 18.2 Å². The minimum atomic E-state index is 0.582. The van der Waals surface area contributed by atoms with E-state index in [9.17, 15) is 0 Å². The average molecular weight is 361 g/mol. The molecule has 6 aliphatic rings. The zero-order chi connectivity index (χ0) is 17.7. The van der Waals surface area contributed by atoms with Gasteiger partial charge in [0.25, 0.3) is 0 Å². The van der Waals surface area contributed by atoms with Crippen molar-refractivity contribution in [3.05, 3.63) is 34.9 Å². The normalized spacial score (nSPS) is 49.6. The van der Waals surface area contributed by atoms with Gasteiger partial charge in [0.2, 0.25) is 0 Å². The average Bonchev–Trinajstić information content (AvgIpc) is 3.55. The summed E-state index contributed by atoms with van der Waals surface area (Å²) in [5, 5.41) is 0. The number of hydrogen-bond donors (Lipinski definition) is 0. The molecule has 144 valence electrons. The van der Waals surface area contributed by atoms with Gasteiger partial charge < -0.3 is 0 Å². The van der Waals surface area contributed by atoms with E-state index in [1.807, 2.05) is 16.7 Å². The molecule has 0 amide bonds. The first kappa shape index (κ1) is 16.1. The highest BCUT2D eigenvalue weighted by Crippen LogP contribution is 2.65. The topological polar surface area (TPSA) is 0 Å². The molecule has 6 aliphatic carbocycles. The van der Waals surface area contributed by atoms with Crippen molar-refractivity contribution < 1.29 is 0 Å². The number of rotatable bonds is 3. The molecule has 0 aromatic heterocycles. The van der Waals surface area contributed by atoms with Crippen molar-refractivity contribution >= 4 is 0 Å². The summed E-state index contributed by atoms with van der Waals surface area (Å²) in [7, 11) is 0. The summed E-state index contributed by atoms with van der Waals surface area (Å²) in [6.07, 6.45) is 22.8. The lowest BCUT2D eigenvalue weighted by Crippen LogP contribution is -2.34. The maximum absolute atomic E-state index is 2.64. The summed E-state index contributed by atoms with van der Waals surface area (Å²) in [6.45, 7) is 0. The Morgan fingerprint density at radius 2 is 0.889 bits per heavy atom. The van der Waals surface area contributed by atoms with Crippen LogP contribution in [0, 0.1) is 17.8 Å². The van der Waals surface area contributed by atoms with E-state index in [0.29, 0.717) is 16.2 Å². The van der Waals surface area contributed by atoms with Gasteiger partial charge in [0.1, 0.15) is 0 Å². The molecule has 0 saturated heterocycles. The molecular formula is C27H36. The third-order valence-corrected chi connectivity index (χ3v) is 11.0. The molecule has 6 saturated carbocycles. The largest absolute Gasteiger partial charge is 0.0617 e. The molecule has 27 heavy (non-hydrogen) atoms. The van der Waals surface area contributed by atoms with Gasteiger partial charge in [-0.3, -0.25) is 0 Å². The number of fused-ring (bicyclic) bond motifs is 6. The molecule has 0 radical (unpaired) electrons. The van der Waals surface area contributed by atoms with Crippen LogP contribution < -0.4 is 0 Å². The van der Waals surface area contributed by atoms with E-state index < -0.39 is 0 Å². The summed E-state index contributed by atoms with van der Waals surface area (Å²) in [6, 6.07) is 7.79. The highest BCUT2D eigenvalue weighted by atomic mass is 14.6. The fraction of sp³-hybridized carbons (Fsp3) is 0.778. The van der Waals surface area contributed by atoms with Gasteiger partial charge in [-0.05, 0) is 147 Å². The van der Waals surface area contributed by atoms with Crippen molar-refractivity contribution in [2.45, 2.75) is 113 Å². The Hall–Kier alpha value is -0.780. The fourth-order valence-corrected chi connectivity index (χ4v) is 9.69. The first-order chi connectivity index (χ1) is 13.2.